The number of rotatable bonds is 3. The first kappa shape index (κ1) is 13.8. The van der Waals surface area contributed by atoms with Crippen molar-refractivity contribution >= 4 is 5.78 Å². The van der Waals surface area contributed by atoms with Crippen LogP contribution >= 0.6 is 0 Å². The average Bonchev–Trinajstić information content (AvgIpc) is 2.47. The van der Waals surface area contributed by atoms with Crippen LogP contribution in [-0.4, -0.2) is 34.0 Å². The summed E-state index contributed by atoms with van der Waals surface area (Å²) in [5, 5.41) is 10.2. The minimum atomic E-state index is -0.304. The smallest absolute Gasteiger partial charge is 0.147 e. The molecule has 0 unspecified atom stereocenters. The second kappa shape index (κ2) is 5.30. The lowest BCUT2D eigenvalue weighted by Gasteiger charge is -2.54. The van der Waals surface area contributed by atoms with Gasteiger partial charge in [-0.3, -0.25) is 9.69 Å². The van der Waals surface area contributed by atoms with Crippen molar-refractivity contribution in [2.24, 2.45) is 5.92 Å². The Balaban J connectivity index is 1.92. The molecule has 4 rings (SSSR count). The number of aliphatic hydroxyl groups excluding tert-OH is 1. The Morgan fingerprint density at radius 2 is 2.00 bits per heavy atom. The molecule has 3 aliphatic rings. The molecule has 2 bridgehead atoms. The molecular weight excluding hydrogens is 250 g/mol. The number of hydrogen-bond donors (Lipinski definition) is 1. The van der Waals surface area contributed by atoms with Gasteiger partial charge in [0.2, 0.25) is 0 Å². The van der Waals surface area contributed by atoms with Crippen molar-refractivity contribution in [3.63, 3.8) is 0 Å². The molecule has 1 aliphatic carbocycles. The normalized spacial score (nSPS) is 35.0. The molecule has 3 nitrogen and oxygen atoms in total. The van der Waals surface area contributed by atoms with Gasteiger partial charge >= 0.3 is 0 Å². The van der Waals surface area contributed by atoms with E-state index in [1.165, 1.54) is 5.56 Å². The summed E-state index contributed by atoms with van der Waals surface area (Å²) in [4.78, 5) is 14.5. The van der Waals surface area contributed by atoms with E-state index in [0.29, 0.717) is 6.04 Å². The van der Waals surface area contributed by atoms with E-state index in [-0.39, 0.29) is 29.9 Å². The van der Waals surface area contributed by atoms with Crippen molar-refractivity contribution in [3.05, 3.63) is 35.9 Å². The van der Waals surface area contributed by atoms with Gasteiger partial charge in [-0.25, -0.2) is 0 Å². The molecule has 0 amide bonds. The van der Waals surface area contributed by atoms with Crippen molar-refractivity contribution in [2.45, 2.75) is 57.3 Å². The van der Waals surface area contributed by atoms with Crippen molar-refractivity contribution in [3.8, 4) is 0 Å². The van der Waals surface area contributed by atoms with E-state index >= 15 is 0 Å². The highest BCUT2D eigenvalue weighted by Gasteiger charge is 2.49. The van der Waals surface area contributed by atoms with Gasteiger partial charge in [-0.1, -0.05) is 30.3 Å². The zero-order chi connectivity index (χ0) is 14.3. The number of nitrogens with zero attached hydrogens (tertiary/aromatic N) is 1. The lowest BCUT2D eigenvalue weighted by Crippen LogP contribution is -2.63. The van der Waals surface area contributed by atoms with Crippen molar-refractivity contribution < 1.29 is 9.90 Å². The van der Waals surface area contributed by atoms with Gasteiger partial charge in [-0.15, -0.1) is 0 Å². The SMILES string of the molecule is CC(=O)[C@@H]1[C@@H]2CC[C@@H](C[C@H]2O)N1[C@H](C)c1ccccc1. The van der Waals surface area contributed by atoms with Gasteiger partial charge in [0.1, 0.15) is 5.78 Å². The summed E-state index contributed by atoms with van der Waals surface area (Å²) >= 11 is 0. The Bertz CT molecular complexity index is 487. The molecule has 1 N–H and O–H groups in total. The zero-order valence-corrected chi connectivity index (χ0v) is 12.2. The topological polar surface area (TPSA) is 40.5 Å². The molecule has 2 aliphatic heterocycles. The van der Waals surface area contributed by atoms with E-state index in [0.717, 1.165) is 19.3 Å². The summed E-state index contributed by atoms with van der Waals surface area (Å²) in [7, 11) is 0. The first-order chi connectivity index (χ1) is 9.59. The van der Waals surface area contributed by atoms with Crippen LogP contribution in [0.1, 0.15) is 44.7 Å². The summed E-state index contributed by atoms with van der Waals surface area (Å²) in [5.74, 6) is 0.310. The van der Waals surface area contributed by atoms with Crippen LogP contribution in [0.3, 0.4) is 0 Å². The molecule has 1 saturated carbocycles. The number of carbonyl (C=O) groups excluding carboxylic acids is 1. The Morgan fingerprint density at radius 1 is 1.30 bits per heavy atom. The van der Waals surface area contributed by atoms with E-state index in [2.05, 4.69) is 24.0 Å². The van der Waals surface area contributed by atoms with Crippen LogP contribution in [0.2, 0.25) is 0 Å². The van der Waals surface area contributed by atoms with E-state index in [1.54, 1.807) is 6.92 Å². The van der Waals surface area contributed by atoms with Crippen molar-refractivity contribution in [1.29, 1.82) is 0 Å². The molecule has 3 heteroatoms. The van der Waals surface area contributed by atoms with Gasteiger partial charge < -0.3 is 5.11 Å². The van der Waals surface area contributed by atoms with Crippen LogP contribution in [0.5, 0.6) is 0 Å². The maximum atomic E-state index is 12.1. The van der Waals surface area contributed by atoms with Crippen LogP contribution in [0.4, 0.5) is 0 Å². The molecule has 1 aromatic rings. The lowest BCUT2D eigenvalue weighted by molar-refractivity contribution is -0.146. The number of Topliss-reactive ketones (excluding diaryl/α,β-unsaturated/α-hetero) is 1. The first-order valence-electron chi connectivity index (χ1n) is 7.60. The van der Waals surface area contributed by atoms with Crippen molar-refractivity contribution in [2.75, 3.05) is 0 Å². The third kappa shape index (κ3) is 2.19. The highest BCUT2D eigenvalue weighted by Crippen LogP contribution is 2.44. The summed E-state index contributed by atoms with van der Waals surface area (Å²) in [6.45, 7) is 3.85. The zero-order valence-electron chi connectivity index (χ0n) is 12.2. The predicted octanol–water partition coefficient (Wildman–Crippen LogP) is 2.55. The summed E-state index contributed by atoms with van der Waals surface area (Å²) in [5.41, 5.74) is 1.25. The highest BCUT2D eigenvalue weighted by molar-refractivity contribution is 5.82. The van der Waals surface area contributed by atoms with Crippen LogP contribution in [0.25, 0.3) is 0 Å². The van der Waals surface area contributed by atoms with Crippen LogP contribution in [-0.2, 0) is 4.79 Å². The fraction of sp³-hybridized carbons (Fsp3) is 0.588. The fourth-order valence-corrected chi connectivity index (χ4v) is 4.21. The molecule has 3 fully saturated rings. The highest BCUT2D eigenvalue weighted by atomic mass is 16.3. The standard InChI is InChI=1S/C17H23NO2/c1-11(13-6-4-3-5-7-13)18-14-8-9-15(16(20)10-14)17(18)12(2)19/h3-7,11,14-17,20H,8-10H2,1-2H3/t11-,14+,15-,16-,17-/m1/s1. The van der Waals surface area contributed by atoms with Gasteiger partial charge in [0.25, 0.3) is 0 Å². The van der Waals surface area contributed by atoms with E-state index in [9.17, 15) is 9.90 Å². The molecular formula is C17H23NO2. The summed E-state index contributed by atoms with van der Waals surface area (Å²) < 4.78 is 0. The summed E-state index contributed by atoms with van der Waals surface area (Å²) in [6, 6.07) is 10.8. The van der Waals surface area contributed by atoms with E-state index < -0.39 is 0 Å². The molecule has 0 aromatic heterocycles. The Kier molecular flexibility index (Phi) is 3.65. The lowest BCUT2D eigenvalue weighted by atomic mass is 9.70. The van der Waals surface area contributed by atoms with Crippen LogP contribution < -0.4 is 0 Å². The second-order valence-electron chi connectivity index (χ2n) is 6.29. The van der Waals surface area contributed by atoms with Crippen LogP contribution in [0.15, 0.2) is 30.3 Å². The quantitative estimate of drug-likeness (QED) is 0.920. The number of carbonyl (C=O) groups is 1. The predicted molar refractivity (Wildman–Crippen MR) is 78.3 cm³/mol. The minimum absolute atomic E-state index is 0.115. The van der Waals surface area contributed by atoms with E-state index in [1.807, 2.05) is 18.2 Å². The molecule has 0 radical (unpaired) electrons. The summed E-state index contributed by atoms with van der Waals surface area (Å²) in [6.07, 6.45) is 2.59. The third-order valence-corrected chi connectivity index (χ3v) is 5.14. The monoisotopic (exact) mass is 273 g/mol. The van der Waals surface area contributed by atoms with Gasteiger partial charge in [0, 0.05) is 18.0 Å². The number of fused-ring (bicyclic) bond motifs is 3. The maximum Gasteiger partial charge on any atom is 0.147 e. The number of ketones is 1. The number of hydrogen-bond acceptors (Lipinski definition) is 3. The Labute approximate surface area is 120 Å². The van der Waals surface area contributed by atoms with Gasteiger partial charge in [0.15, 0.2) is 0 Å². The van der Waals surface area contributed by atoms with Crippen LogP contribution in [0, 0.1) is 5.92 Å². The van der Waals surface area contributed by atoms with Gasteiger partial charge in [-0.2, -0.15) is 0 Å². The molecule has 20 heavy (non-hydrogen) atoms. The van der Waals surface area contributed by atoms with Crippen molar-refractivity contribution in [1.82, 2.24) is 4.90 Å². The van der Waals surface area contributed by atoms with Gasteiger partial charge in [-0.05, 0) is 38.7 Å². The molecule has 0 spiro atoms. The molecule has 1 aromatic carbocycles. The van der Waals surface area contributed by atoms with Gasteiger partial charge in [0.05, 0.1) is 12.1 Å². The third-order valence-electron chi connectivity index (χ3n) is 5.14. The largest absolute Gasteiger partial charge is 0.393 e. The number of benzene rings is 1. The molecule has 2 saturated heterocycles. The van der Waals surface area contributed by atoms with E-state index in [4.69, 9.17) is 0 Å². The maximum absolute atomic E-state index is 12.1. The number of piperidine rings is 2. The fourth-order valence-electron chi connectivity index (χ4n) is 4.21. The molecule has 108 valence electrons. The molecule has 5 atom stereocenters. The second-order valence-corrected chi connectivity index (χ2v) is 6.29. The molecule has 2 heterocycles. The number of aliphatic hydroxyl groups is 1. The average molecular weight is 273 g/mol. The first-order valence-corrected chi connectivity index (χ1v) is 7.60. The Morgan fingerprint density at radius 3 is 2.60 bits per heavy atom. The Hall–Kier alpha value is -1.19. The minimum Gasteiger partial charge on any atom is -0.393 e.